The summed E-state index contributed by atoms with van der Waals surface area (Å²) in [7, 11) is 1.51. The van der Waals surface area contributed by atoms with E-state index in [1.807, 2.05) is 0 Å². The summed E-state index contributed by atoms with van der Waals surface area (Å²) < 4.78 is 5.02. The van der Waals surface area contributed by atoms with Gasteiger partial charge in [-0.15, -0.1) is 0 Å². The second kappa shape index (κ2) is 8.41. The molecule has 1 aromatic carbocycles. The van der Waals surface area contributed by atoms with E-state index in [-0.39, 0.29) is 27.3 Å². The first kappa shape index (κ1) is 20.0. The largest absolute Gasteiger partial charge is 0.511 e. The standard InChI is InChI=1S/C17H18N4O5S/c1-8(22)13(9(2)23)27-17-20-14(18)12(16(25)21-17)19-15(24)10-4-6-11(26-3)7-5-10/h4-7,22H,1-3H3,(H,19,24)(H3,18,20,21,25)/b13-8-. The number of carbonyl (C=O) groups is 2. The van der Waals surface area contributed by atoms with Gasteiger partial charge in [-0.2, -0.15) is 0 Å². The number of nitrogen functional groups attached to an aromatic ring is 1. The Hall–Kier alpha value is -3.27. The molecule has 0 aliphatic heterocycles. The van der Waals surface area contributed by atoms with Crippen molar-refractivity contribution in [2.24, 2.45) is 0 Å². The Morgan fingerprint density at radius 1 is 1.26 bits per heavy atom. The van der Waals surface area contributed by atoms with Crippen molar-refractivity contribution in [2.45, 2.75) is 19.0 Å². The Kier molecular flexibility index (Phi) is 6.24. The van der Waals surface area contributed by atoms with Crippen LogP contribution in [-0.4, -0.2) is 33.9 Å². The second-order valence-corrected chi connectivity index (χ2v) is 6.39. The fourth-order valence-electron chi connectivity index (χ4n) is 2.06. The number of aliphatic hydroxyl groups is 1. The van der Waals surface area contributed by atoms with Crippen LogP contribution >= 0.6 is 11.8 Å². The lowest BCUT2D eigenvalue weighted by molar-refractivity contribution is -0.113. The monoisotopic (exact) mass is 390 g/mol. The molecule has 0 saturated heterocycles. The highest BCUT2D eigenvalue weighted by molar-refractivity contribution is 8.03. The molecule has 0 aliphatic rings. The van der Waals surface area contributed by atoms with Crippen molar-refractivity contribution in [3.63, 3.8) is 0 Å². The van der Waals surface area contributed by atoms with Crippen LogP contribution in [0, 0.1) is 0 Å². The van der Waals surface area contributed by atoms with Crippen molar-refractivity contribution in [1.29, 1.82) is 0 Å². The Balaban J connectivity index is 2.26. The maximum Gasteiger partial charge on any atom is 0.277 e. The van der Waals surface area contributed by atoms with Crippen molar-refractivity contribution in [1.82, 2.24) is 9.97 Å². The van der Waals surface area contributed by atoms with Gasteiger partial charge in [0.2, 0.25) is 0 Å². The summed E-state index contributed by atoms with van der Waals surface area (Å²) >= 11 is 0.768. The predicted octanol–water partition coefficient (Wildman–Crippen LogP) is 2.08. The summed E-state index contributed by atoms with van der Waals surface area (Å²) in [5.74, 6) is -0.779. The molecule has 10 heteroatoms. The molecule has 0 spiro atoms. The van der Waals surface area contributed by atoms with Crippen LogP contribution in [0.15, 0.2) is 44.9 Å². The molecule has 0 fully saturated rings. The van der Waals surface area contributed by atoms with Crippen LogP contribution in [0.3, 0.4) is 0 Å². The molecule has 142 valence electrons. The molecular weight excluding hydrogens is 372 g/mol. The van der Waals surface area contributed by atoms with Gasteiger partial charge in [0.05, 0.1) is 12.0 Å². The zero-order valence-corrected chi connectivity index (χ0v) is 15.6. The fraction of sp³-hybridized carbons (Fsp3) is 0.176. The number of rotatable bonds is 6. The molecular formula is C17H18N4O5S. The van der Waals surface area contributed by atoms with Crippen molar-refractivity contribution in [2.75, 3.05) is 18.2 Å². The lowest BCUT2D eigenvalue weighted by Crippen LogP contribution is -2.23. The maximum atomic E-state index is 12.3. The molecule has 9 nitrogen and oxygen atoms in total. The van der Waals surface area contributed by atoms with Crippen molar-refractivity contribution in [3.8, 4) is 5.75 Å². The lowest BCUT2D eigenvalue weighted by atomic mass is 10.2. The number of allylic oxidation sites excluding steroid dienone is 2. The zero-order valence-electron chi connectivity index (χ0n) is 14.8. The van der Waals surface area contributed by atoms with E-state index in [1.165, 1.54) is 33.1 Å². The minimum absolute atomic E-state index is 0.0125. The van der Waals surface area contributed by atoms with E-state index >= 15 is 0 Å². The highest BCUT2D eigenvalue weighted by Crippen LogP contribution is 2.27. The number of nitrogens with zero attached hydrogens (tertiary/aromatic N) is 1. The van der Waals surface area contributed by atoms with E-state index < -0.39 is 17.2 Å². The SMILES string of the molecule is COc1ccc(C(=O)Nc2c(N)nc(S/C(C(C)=O)=C(/C)O)[nH]c2=O)cc1. The quantitative estimate of drug-likeness (QED) is 0.254. The van der Waals surface area contributed by atoms with Gasteiger partial charge < -0.3 is 20.9 Å². The van der Waals surface area contributed by atoms with Crippen LogP contribution in [-0.2, 0) is 4.79 Å². The van der Waals surface area contributed by atoms with Crippen LogP contribution in [0.2, 0.25) is 0 Å². The number of aliphatic hydroxyl groups excluding tert-OH is 1. The Morgan fingerprint density at radius 3 is 2.37 bits per heavy atom. The molecule has 0 aliphatic carbocycles. The Bertz CT molecular complexity index is 962. The average molecular weight is 390 g/mol. The summed E-state index contributed by atoms with van der Waals surface area (Å²) in [6, 6.07) is 6.27. The van der Waals surface area contributed by atoms with Gasteiger partial charge in [0.1, 0.15) is 17.2 Å². The van der Waals surface area contributed by atoms with E-state index in [0.29, 0.717) is 11.3 Å². The third-order valence-corrected chi connectivity index (χ3v) is 4.54. The highest BCUT2D eigenvalue weighted by Gasteiger charge is 2.17. The Labute approximate surface area is 158 Å². The first-order valence-corrected chi connectivity index (χ1v) is 8.48. The van der Waals surface area contributed by atoms with Crippen LogP contribution in [0.1, 0.15) is 24.2 Å². The molecule has 5 N–H and O–H groups in total. The molecule has 2 rings (SSSR count). The minimum Gasteiger partial charge on any atom is -0.511 e. The number of aromatic amines is 1. The van der Waals surface area contributed by atoms with Crippen LogP contribution in [0.5, 0.6) is 5.75 Å². The van der Waals surface area contributed by atoms with Gasteiger partial charge in [-0.05, 0) is 49.9 Å². The number of amides is 1. The predicted molar refractivity (Wildman–Crippen MR) is 102 cm³/mol. The summed E-state index contributed by atoms with van der Waals surface area (Å²) in [6.07, 6.45) is 0. The summed E-state index contributed by atoms with van der Waals surface area (Å²) in [6.45, 7) is 2.61. The minimum atomic E-state index is -0.689. The van der Waals surface area contributed by atoms with E-state index in [2.05, 4.69) is 15.3 Å². The van der Waals surface area contributed by atoms with E-state index in [9.17, 15) is 19.5 Å². The maximum absolute atomic E-state index is 12.3. The molecule has 0 unspecified atom stereocenters. The number of anilines is 2. The topological polar surface area (TPSA) is 147 Å². The van der Waals surface area contributed by atoms with Gasteiger partial charge in [-0.3, -0.25) is 19.4 Å². The molecule has 27 heavy (non-hydrogen) atoms. The number of thioether (sulfide) groups is 1. The van der Waals surface area contributed by atoms with E-state index in [1.54, 1.807) is 12.1 Å². The molecule has 2 aromatic rings. The van der Waals surface area contributed by atoms with E-state index in [0.717, 1.165) is 11.8 Å². The van der Waals surface area contributed by atoms with Crippen molar-refractivity contribution < 1.29 is 19.4 Å². The molecule has 1 aromatic heterocycles. The van der Waals surface area contributed by atoms with Gasteiger partial charge in [0, 0.05) is 5.56 Å². The normalized spacial score (nSPS) is 11.5. The zero-order chi connectivity index (χ0) is 20.1. The number of Topliss-reactive ketones (excluding diaryl/α,β-unsaturated/α-hetero) is 1. The van der Waals surface area contributed by atoms with Gasteiger partial charge >= 0.3 is 0 Å². The summed E-state index contributed by atoms with van der Waals surface area (Å²) in [4.78, 5) is 42.5. The molecule has 0 atom stereocenters. The number of hydrogen-bond acceptors (Lipinski definition) is 8. The van der Waals surface area contributed by atoms with E-state index in [4.69, 9.17) is 10.5 Å². The van der Waals surface area contributed by atoms with Gasteiger partial charge in [0.15, 0.2) is 16.8 Å². The number of carbonyl (C=O) groups excluding carboxylic acids is 2. The number of ketones is 1. The number of nitrogens with two attached hydrogens (primary N) is 1. The van der Waals surface area contributed by atoms with Crippen molar-refractivity contribution >= 4 is 35.0 Å². The lowest BCUT2D eigenvalue weighted by Gasteiger charge is -2.09. The number of hydrogen-bond donors (Lipinski definition) is 4. The molecule has 0 saturated carbocycles. The van der Waals surface area contributed by atoms with Crippen LogP contribution in [0.4, 0.5) is 11.5 Å². The number of nitrogens with one attached hydrogen (secondary N) is 2. The summed E-state index contributed by atoms with van der Waals surface area (Å²) in [5.41, 5.74) is 5.17. The second-order valence-electron chi connectivity index (χ2n) is 5.39. The van der Waals surface area contributed by atoms with Crippen LogP contribution in [0.25, 0.3) is 0 Å². The average Bonchev–Trinajstić information content (AvgIpc) is 2.62. The highest BCUT2D eigenvalue weighted by atomic mass is 32.2. The number of H-pyrrole nitrogens is 1. The van der Waals surface area contributed by atoms with Gasteiger partial charge in [-0.25, -0.2) is 4.98 Å². The number of aromatic nitrogens is 2. The smallest absolute Gasteiger partial charge is 0.277 e. The third kappa shape index (κ3) is 4.88. The van der Waals surface area contributed by atoms with Crippen molar-refractivity contribution in [3.05, 3.63) is 50.8 Å². The molecule has 0 bridgehead atoms. The first-order chi connectivity index (χ1) is 12.7. The number of benzene rings is 1. The van der Waals surface area contributed by atoms with Gasteiger partial charge in [0.25, 0.3) is 11.5 Å². The fourth-order valence-corrected chi connectivity index (χ4v) is 2.84. The number of ether oxygens (including phenoxy) is 1. The molecule has 0 radical (unpaired) electrons. The summed E-state index contributed by atoms with van der Waals surface area (Å²) in [5, 5.41) is 12.0. The molecule has 1 amide bonds. The van der Waals surface area contributed by atoms with Crippen LogP contribution < -0.4 is 21.3 Å². The number of methoxy groups -OCH3 is 1. The third-order valence-electron chi connectivity index (χ3n) is 3.36. The van der Waals surface area contributed by atoms with Gasteiger partial charge in [-0.1, -0.05) is 0 Å². The Morgan fingerprint density at radius 2 is 1.89 bits per heavy atom. The molecule has 1 heterocycles. The first-order valence-electron chi connectivity index (χ1n) is 7.66.